The Balaban J connectivity index is 1.51. The molecule has 0 atom stereocenters. The molecule has 4 aromatic rings. The first-order valence-electron chi connectivity index (χ1n) is 9.24. The predicted octanol–water partition coefficient (Wildman–Crippen LogP) is 6.13. The first-order valence-corrected chi connectivity index (χ1v) is 11.7. The second kappa shape index (κ2) is 9.49. The number of rotatable bonds is 6. The normalized spacial score (nSPS) is 11.5. The summed E-state index contributed by atoms with van der Waals surface area (Å²) in [5.41, 5.74) is 5.84. The molecule has 13 heteroatoms. The Bertz CT molecular complexity index is 1300. The molecule has 0 bridgehead atoms. The number of H-pyrrole nitrogens is 1. The van der Waals surface area contributed by atoms with E-state index in [2.05, 4.69) is 30.5 Å². The lowest BCUT2D eigenvalue weighted by Gasteiger charge is -2.08. The Morgan fingerprint density at radius 3 is 2.61 bits per heavy atom. The number of benzene rings is 2. The van der Waals surface area contributed by atoms with E-state index in [0.29, 0.717) is 32.4 Å². The van der Waals surface area contributed by atoms with Crippen molar-refractivity contribution in [2.75, 3.05) is 17.3 Å². The van der Waals surface area contributed by atoms with Gasteiger partial charge in [0.1, 0.15) is 10.8 Å². The molecule has 0 saturated carbocycles. The van der Waals surface area contributed by atoms with Crippen molar-refractivity contribution in [3.05, 3.63) is 59.1 Å². The van der Waals surface area contributed by atoms with Gasteiger partial charge >= 0.3 is 6.18 Å². The topological polar surface area (TPSA) is 105 Å². The van der Waals surface area contributed by atoms with Crippen LogP contribution in [-0.4, -0.2) is 31.4 Å². The number of nitrogen functional groups attached to an aromatic ring is 1. The molecule has 4 rings (SSSR count). The molecule has 4 N–H and O–H groups in total. The van der Waals surface area contributed by atoms with Crippen LogP contribution in [0.1, 0.15) is 5.56 Å². The number of aromatic nitrogens is 5. The fraction of sp³-hybridized carbons (Fsp3) is 0.100. The fourth-order valence-corrected chi connectivity index (χ4v) is 4.42. The molecule has 0 aliphatic rings. The number of halogens is 4. The lowest BCUT2D eigenvalue weighted by molar-refractivity contribution is -0.137. The van der Waals surface area contributed by atoms with Crippen LogP contribution in [0.15, 0.2) is 63.6 Å². The molecule has 0 aliphatic heterocycles. The van der Waals surface area contributed by atoms with Gasteiger partial charge in [-0.3, -0.25) is 5.10 Å². The Morgan fingerprint density at radius 1 is 1.06 bits per heavy atom. The highest BCUT2D eigenvalue weighted by molar-refractivity contribution is 7.99. The number of hydrogen-bond acceptors (Lipinski definition) is 8. The van der Waals surface area contributed by atoms with E-state index in [9.17, 15) is 13.2 Å². The summed E-state index contributed by atoms with van der Waals surface area (Å²) in [6.45, 7) is 0. The molecule has 0 amide bonds. The van der Waals surface area contributed by atoms with Gasteiger partial charge in [0.05, 0.1) is 10.6 Å². The largest absolute Gasteiger partial charge is 0.416 e. The Kier molecular flexibility index (Phi) is 6.68. The summed E-state index contributed by atoms with van der Waals surface area (Å²) in [5.74, 6) is 0.851. The van der Waals surface area contributed by atoms with Crippen molar-refractivity contribution in [2.45, 2.75) is 21.3 Å². The van der Waals surface area contributed by atoms with Gasteiger partial charge in [-0.1, -0.05) is 41.2 Å². The van der Waals surface area contributed by atoms with Crippen LogP contribution in [0.2, 0.25) is 5.02 Å². The number of nitrogens with zero attached hydrogens (tertiary/aromatic N) is 4. The van der Waals surface area contributed by atoms with Gasteiger partial charge in [0.2, 0.25) is 5.95 Å². The van der Waals surface area contributed by atoms with Gasteiger partial charge < -0.3 is 11.1 Å². The van der Waals surface area contributed by atoms with Crippen LogP contribution in [0, 0.1) is 0 Å². The molecule has 0 aliphatic carbocycles. The summed E-state index contributed by atoms with van der Waals surface area (Å²) in [7, 11) is 0. The molecular formula is C20H15ClF3N7S2. The van der Waals surface area contributed by atoms with Crippen LogP contribution in [0.3, 0.4) is 0 Å². The van der Waals surface area contributed by atoms with E-state index < -0.39 is 11.7 Å². The maximum Gasteiger partial charge on any atom is 0.416 e. The number of nitrogens with one attached hydrogen (secondary N) is 2. The van der Waals surface area contributed by atoms with E-state index in [4.69, 9.17) is 17.3 Å². The number of hydrogen-bond donors (Lipinski definition) is 3. The maximum absolute atomic E-state index is 12.9. The lowest BCUT2D eigenvalue weighted by atomic mass is 10.2. The van der Waals surface area contributed by atoms with Crippen LogP contribution in [0.25, 0.3) is 11.4 Å². The van der Waals surface area contributed by atoms with Gasteiger partial charge in [0.15, 0.2) is 11.0 Å². The summed E-state index contributed by atoms with van der Waals surface area (Å²) in [6, 6.07) is 11.8. The zero-order chi connectivity index (χ0) is 23.6. The van der Waals surface area contributed by atoms with Gasteiger partial charge in [0.25, 0.3) is 0 Å². The summed E-state index contributed by atoms with van der Waals surface area (Å²) < 4.78 is 38.7. The van der Waals surface area contributed by atoms with E-state index in [0.717, 1.165) is 17.0 Å². The average molecular weight is 510 g/mol. The molecule has 0 saturated heterocycles. The monoisotopic (exact) mass is 509 g/mol. The second-order valence-electron chi connectivity index (χ2n) is 6.57. The van der Waals surface area contributed by atoms with Crippen molar-refractivity contribution < 1.29 is 13.2 Å². The summed E-state index contributed by atoms with van der Waals surface area (Å²) >= 11 is 9.23. The molecule has 0 radical (unpaired) electrons. The number of anilines is 3. The highest BCUT2D eigenvalue weighted by Gasteiger charge is 2.30. The highest BCUT2D eigenvalue weighted by atomic mass is 35.5. The van der Waals surface area contributed by atoms with Crippen molar-refractivity contribution >= 4 is 52.6 Å². The van der Waals surface area contributed by atoms with Gasteiger partial charge in [-0.25, -0.2) is 9.97 Å². The van der Waals surface area contributed by atoms with E-state index in [1.165, 1.54) is 35.7 Å². The Labute approximate surface area is 199 Å². The van der Waals surface area contributed by atoms with Crippen LogP contribution in [-0.2, 0) is 6.18 Å². The molecular weight excluding hydrogens is 495 g/mol. The predicted molar refractivity (Wildman–Crippen MR) is 124 cm³/mol. The highest BCUT2D eigenvalue weighted by Crippen LogP contribution is 2.35. The molecule has 7 nitrogen and oxygen atoms in total. The first-order chi connectivity index (χ1) is 15.7. The van der Waals surface area contributed by atoms with Crippen LogP contribution in [0.4, 0.5) is 30.6 Å². The minimum Gasteiger partial charge on any atom is -0.384 e. The molecule has 2 aromatic carbocycles. The van der Waals surface area contributed by atoms with E-state index in [-0.39, 0.29) is 11.6 Å². The number of alkyl halides is 3. The van der Waals surface area contributed by atoms with E-state index >= 15 is 0 Å². The minimum absolute atomic E-state index is 0.111. The van der Waals surface area contributed by atoms with Gasteiger partial charge in [0, 0.05) is 22.2 Å². The zero-order valence-electron chi connectivity index (χ0n) is 16.8. The van der Waals surface area contributed by atoms with Crippen LogP contribution < -0.4 is 11.1 Å². The zero-order valence-corrected chi connectivity index (χ0v) is 19.2. The van der Waals surface area contributed by atoms with Crippen molar-refractivity contribution in [1.29, 1.82) is 0 Å². The van der Waals surface area contributed by atoms with Gasteiger partial charge in [-0.05, 0) is 42.7 Å². The standard InChI is InChI=1S/C20H15ClF3N7S2/c1-32-19-27-15(25)9-16(28-19)33-12-5-6-13(14(21)8-12)17-29-18(31-30-17)26-11-4-2-3-10(7-11)20(22,23)24/h2-9H,1H3,(H2,25,27,28)(H2,26,29,30,31). The molecule has 2 aromatic heterocycles. The van der Waals surface area contributed by atoms with Crippen molar-refractivity contribution in [1.82, 2.24) is 25.1 Å². The third kappa shape index (κ3) is 5.70. The van der Waals surface area contributed by atoms with Crippen molar-refractivity contribution in [2.24, 2.45) is 0 Å². The van der Waals surface area contributed by atoms with Crippen molar-refractivity contribution in [3.63, 3.8) is 0 Å². The molecule has 0 fully saturated rings. The Morgan fingerprint density at radius 2 is 1.88 bits per heavy atom. The van der Waals surface area contributed by atoms with Crippen LogP contribution >= 0.6 is 35.1 Å². The van der Waals surface area contributed by atoms with Gasteiger partial charge in [-0.2, -0.15) is 18.2 Å². The molecule has 2 heterocycles. The SMILES string of the molecule is CSc1nc(N)cc(Sc2ccc(-c3nc(Nc4cccc(C(F)(F)F)c4)n[nH]3)c(Cl)c2)n1. The molecule has 33 heavy (non-hydrogen) atoms. The fourth-order valence-electron chi connectivity index (χ4n) is 2.78. The number of nitrogens with two attached hydrogens (primary N) is 1. The number of thioether (sulfide) groups is 1. The molecule has 0 unspecified atom stereocenters. The summed E-state index contributed by atoms with van der Waals surface area (Å²) in [6.07, 6.45) is -2.58. The first kappa shape index (κ1) is 23.2. The molecule has 170 valence electrons. The third-order valence-electron chi connectivity index (χ3n) is 4.23. The number of aromatic amines is 1. The summed E-state index contributed by atoms with van der Waals surface area (Å²) in [5, 5.41) is 11.2. The smallest absolute Gasteiger partial charge is 0.384 e. The minimum atomic E-state index is -4.44. The van der Waals surface area contributed by atoms with E-state index in [1.807, 2.05) is 12.3 Å². The van der Waals surface area contributed by atoms with Crippen molar-refractivity contribution in [3.8, 4) is 11.4 Å². The maximum atomic E-state index is 12.9. The quantitative estimate of drug-likeness (QED) is 0.162. The van der Waals surface area contributed by atoms with E-state index in [1.54, 1.807) is 18.2 Å². The third-order valence-corrected chi connectivity index (χ3v) is 6.00. The molecule has 0 spiro atoms. The lowest BCUT2D eigenvalue weighted by Crippen LogP contribution is -2.05. The van der Waals surface area contributed by atoms with Crippen LogP contribution in [0.5, 0.6) is 0 Å². The summed E-state index contributed by atoms with van der Waals surface area (Å²) in [4.78, 5) is 13.6. The Hall–Kier alpha value is -2.96. The average Bonchev–Trinajstić information content (AvgIpc) is 3.21. The van der Waals surface area contributed by atoms with Gasteiger partial charge in [-0.15, -0.1) is 5.10 Å². The second-order valence-corrected chi connectivity index (χ2v) is 8.85.